The van der Waals surface area contributed by atoms with Crippen LogP contribution in [0.25, 0.3) is 0 Å². The highest BCUT2D eigenvalue weighted by Crippen LogP contribution is 2.23. The SMILES string of the molecule is CN[C@H](CSC(C)(C)C)C(=O)O. The maximum absolute atomic E-state index is 10.6. The number of carbonyl (C=O) groups is 1. The normalized spacial score (nSPS) is 14.3. The van der Waals surface area contributed by atoms with Crippen LogP contribution >= 0.6 is 11.8 Å². The number of thioether (sulfide) groups is 1. The van der Waals surface area contributed by atoms with E-state index in [1.54, 1.807) is 18.8 Å². The first-order chi connectivity index (χ1) is 5.37. The molecule has 72 valence electrons. The Morgan fingerprint density at radius 2 is 2.08 bits per heavy atom. The van der Waals surface area contributed by atoms with Crippen molar-refractivity contribution >= 4 is 17.7 Å². The molecular formula is C8H17NO2S. The fourth-order valence-corrected chi connectivity index (χ4v) is 1.59. The van der Waals surface area contributed by atoms with E-state index >= 15 is 0 Å². The molecule has 0 unspecified atom stereocenters. The quantitative estimate of drug-likeness (QED) is 0.701. The summed E-state index contributed by atoms with van der Waals surface area (Å²) in [5.74, 6) is -0.177. The van der Waals surface area contributed by atoms with E-state index in [1.165, 1.54) is 0 Å². The number of aliphatic carboxylic acids is 1. The predicted octanol–water partition coefficient (Wildman–Crippen LogP) is 1.19. The largest absolute Gasteiger partial charge is 0.480 e. The van der Waals surface area contributed by atoms with E-state index in [4.69, 9.17) is 5.11 Å². The van der Waals surface area contributed by atoms with Gasteiger partial charge >= 0.3 is 5.97 Å². The van der Waals surface area contributed by atoms with E-state index in [1.807, 2.05) is 0 Å². The minimum atomic E-state index is -0.783. The van der Waals surface area contributed by atoms with Gasteiger partial charge < -0.3 is 10.4 Å². The molecule has 3 nitrogen and oxygen atoms in total. The molecule has 0 aliphatic rings. The van der Waals surface area contributed by atoms with Crippen LogP contribution in [0.15, 0.2) is 0 Å². The summed E-state index contributed by atoms with van der Waals surface area (Å²) >= 11 is 1.65. The van der Waals surface area contributed by atoms with Crippen LogP contribution in [0.3, 0.4) is 0 Å². The van der Waals surface area contributed by atoms with Gasteiger partial charge in [0.15, 0.2) is 0 Å². The number of carboxylic acid groups (broad SMARTS) is 1. The van der Waals surface area contributed by atoms with Crippen LogP contribution in [0.4, 0.5) is 0 Å². The van der Waals surface area contributed by atoms with Crippen LogP contribution < -0.4 is 5.32 Å². The van der Waals surface area contributed by atoms with Gasteiger partial charge in [-0.25, -0.2) is 0 Å². The van der Waals surface area contributed by atoms with Crippen LogP contribution in [-0.4, -0.2) is 34.7 Å². The molecule has 1 atom stereocenters. The van der Waals surface area contributed by atoms with E-state index in [9.17, 15) is 4.79 Å². The number of rotatable bonds is 4. The second-order valence-electron chi connectivity index (χ2n) is 3.60. The van der Waals surface area contributed by atoms with Gasteiger partial charge in [-0.2, -0.15) is 11.8 Å². The molecule has 0 saturated carbocycles. The lowest BCUT2D eigenvalue weighted by molar-refractivity contribution is -0.138. The summed E-state index contributed by atoms with van der Waals surface area (Å²) in [6.45, 7) is 6.23. The Morgan fingerprint density at radius 3 is 2.33 bits per heavy atom. The molecule has 0 aromatic carbocycles. The first-order valence-electron chi connectivity index (χ1n) is 3.91. The molecule has 0 radical (unpaired) electrons. The van der Waals surface area contributed by atoms with Crippen molar-refractivity contribution in [3.05, 3.63) is 0 Å². The maximum atomic E-state index is 10.6. The zero-order valence-corrected chi connectivity index (χ0v) is 8.86. The monoisotopic (exact) mass is 191 g/mol. The molecule has 0 aromatic heterocycles. The van der Waals surface area contributed by atoms with Gasteiger partial charge in [-0.15, -0.1) is 0 Å². The number of nitrogens with one attached hydrogen (secondary N) is 1. The summed E-state index contributed by atoms with van der Waals surface area (Å²) in [6, 6.07) is -0.436. The Kier molecular flexibility index (Phi) is 4.63. The first-order valence-corrected chi connectivity index (χ1v) is 4.89. The molecule has 0 fully saturated rings. The van der Waals surface area contributed by atoms with Crippen molar-refractivity contribution in [3.63, 3.8) is 0 Å². The summed E-state index contributed by atoms with van der Waals surface area (Å²) in [4.78, 5) is 10.6. The lowest BCUT2D eigenvalue weighted by atomic mass is 10.3. The molecule has 0 heterocycles. The number of likely N-dealkylation sites (N-methyl/N-ethyl adjacent to an activating group) is 1. The molecule has 0 amide bonds. The highest BCUT2D eigenvalue weighted by atomic mass is 32.2. The number of carboxylic acids is 1. The summed E-state index contributed by atoms with van der Waals surface area (Å²) in [6.07, 6.45) is 0. The Morgan fingerprint density at radius 1 is 1.58 bits per heavy atom. The third-order valence-electron chi connectivity index (χ3n) is 1.33. The highest BCUT2D eigenvalue weighted by Gasteiger charge is 2.19. The maximum Gasteiger partial charge on any atom is 0.321 e. The fourth-order valence-electron chi connectivity index (χ4n) is 0.611. The molecular weight excluding hydrogens is 174 g/mol. The van der Waals surface area contributed by atoms with Gasteiger partial charge in [0.2, 0.25) is 0 Å². The zero-order chi connectivity index (χ0) is 9.78. The van der Waals surface area contributed by atoms with E-state index in [0.717, 1.165) is 0 Å². The van der Waals surface area contributed by atoms with Crippen molar-refractivity contribution < 1.29 is 9.90 Å². The minimum absolute atomic E-state index is 0.130. The molecule has 0 aliphatic heterocycles. The van der Waals surface area contributed by atoms with Gasteiger partial charge in [-0.3, -0.25) is 4.79 Å². The van der Waals surface area contributed by atoms with Gasteiger partial charge in [0, 0.05) is 10.5 Å². The lowest BCUT2D eigenvalue weighted by Crippen LogP contribution is -2.37. The molecule has 4 heteroatoms. The van der Waals surface area contributed by atoms with E-state index in [0.29, 0.717) is 5.75 Å². The first kappa shape index (κ1) is 11.8. The van der Waals surface area contributed by atoms with Crippen molar-refractivity contribution in [1.29, 1.82) is 0 Å². The van der Waals surface area contributed by atoms with Crippen LogP contribution in [0, 0.1) is 0 Å². The van der Waals surface area contributed by atoms with Crippen LogP contribution in [0.2, 0.25) is 0 Å². The molecule has 0 aliphatic carbocycles. The zero-order valence-electron chi connectivity index (χ0n) is 8.05. The molecule has 0 rings (SSSR count). The van der Waals surface area contributed by atoms with E-state index in [-0.39, 0.29) is 4.75 Å². The van der Waals surface area contributed by atoms with Crippen molar-refractivity contribution in [2.45, 2.75) is 31.6 Å². The Labute approximate surface area is 77.9 Å². The number of hydrogen-bond acceptors (Lipinski definition) is 3. The Hall–Kier alpha value is -0.220. The molecule has 0 spiro atoms. The van der Waals surface area contributed by atoms with Crippen molar-refractivity contribution in [1.82, 2.24) is 5.32 Å². The molecule has 0 saturated heterocycles. The van der Waals surface area contributed by atoms with Gasteiger partial charge in [-0.05, 0) is 7.05 Å². The van der Waals surface area contributed by atoms with Crippen LogP contribution in [0.5, 0.6) is 0 Å². The third-order valence-corrected chi connectivity index (χ3v) is 2.70. The average molecular weight is 191 g/mol. The predicted molar refractivity (Wildman–Crippen MR) is 52.7 cm³/mol. The molecule has 0 aromatic rings. The summed E-state index contributed by atoms with van der Waals surface area (Å²) in [7, 11) is 1.67. The standard InChI is InChI=1S/C8H17NO2S/c1-8(2,3)12-5-6(9-4)7(10)11/h6,9H,5H2,1-4H3,(H,10,11)/t6-/m1/s1. The topological polar surface area (TPSA) is 49.3 Å². The Balaban J connectivity index is 3.81. The smallest absolute Gasteiger partial charge is 0.321 e. The summed E-state index contributed by atoms with van der Waals surface area (Å²) in [5, 5.41) is 11.4. The molecule has 2 N–H and O–H groups in total. The highest BCUT2D eigenvalue weighted by molar-refractivity contribution is 8.00. The average Bonchev–Trinajstić information content (AvgIpc) is 1.85. The van der Waals surface area contributed by atoms with Crippen LogP contribution in [-0.2, 0) is 4.79 Å². The van der Waals surface area contributed by atoms with Crippen molar-refractivity contribution in [3.8, 4) is 0 Å². The van der Waals surface area contributed by atoms with Crippen LogP contribution in [0.1, 0.15) is 20.8 Å². The second-order valence-corrected chi connectivity index (χ2v) is 5.45. The lowest BCUT2D eigenvalue weighted by Gasteiger charge is -2.20. The van der Waals surface area contributed by atoms with E-state index < -0.39 is 12.0 Å². The van der Waals surface area contributed by atoms with Gasteiger partial charge in [-0.1, -0.05) is 20.8 Å². The van der Waals surface area contributed by atoms with Gasteiger partial charge in [0.25, 0.3) is 0 Å². The minimum Gasteiger partial charge on any atom is -0.480 e. The molecule has 0 bridgehead atoms. The van der Waals surface area contributed by atoms with E-state index in [2.05, 4.69) is 26.1 Å². The van der Waals surface area contributed by atoms with Crippen molar-refractivity contribution in [2.24, 2.45) is 0 Å². The molecule has 12 heavy (non-hydrogen) atoms. The van der Waals surface area contributed by atoms with Gasteiger partial charge in [0.05, 0.1) is 0 Å². The third kappa shape index (κ3) is 5.43. The van der Waals surface area contributed by atoms with Gasteiger partial charge in [0.1, 0.15) is 6.04 Å². The summed E-state index contributed by atoms with van der Waals surface area (Å²) in [5.41, 5.74) is 0. The summed E-state index contributed by atoms with van der Waals surface area (Å²) < 4.78 is 0.130. The fraction of sp³-hybridized carbons (Fsp3) is 0.875. The van der Waals surface area contributed by atoms with Crippen molar-refractivity contribution in [2.75, 3.05) is 12.8 Å². The Bertz CT molecular complexity index is 154. The number of hydrogen-bond donors (Lipinski definition) is 2. The second kappa shape index (κ2) is 4.72.